The zero-order valence-electron chi connectivity index (χ0n) is 9.52. The van der Waals surface area contributed by atoms with Crippen LogP contribution in [-0.2, 0) is 14.8 Å². The average Bonchev–Trinajstić information content (AvgIpc) is 3.13. The molecule has 1 aromatic rings. The Labute approximate surface area is 111 Å². The number of halogens is 1. The Balaban J connectivity index is 2.08. The number of benzene rings is 1. The predicted octanol–water partition coefficient (Wildman–Crippen LogP) is 1.30. The zero-order chi connectivity index (χ0) is 13.2. The van der Waals surface area contributed by atoms with Crippen molar-refractivity contribution in [2.75, 3.05) is 11.2 Å². The van der Waals surface area contributed by atoms with E-state index in [1.807, 2.05) is 0 Å². The van der Waals surface area contributed by atoms with Crippen molar-refractivity contribution in [1.29, 1.82) is 0 Å². The minimum absolute atomic E-state index is 0.0747. The highest BCUT2D eigenvalue weighted by Crippen LogP contribution is 2.22. The molecule has 98 valence electrons. The molecule has 0 unspecified atom stereocenters. The first-order chi connectivity index (χ1) is 8.51. The molecule has 0 aromatic heterocycles. The fourth-order valence-electron chi connectivity index (χ4n) is 1.40. The van der Waals surface area contributed by atoms with Crippen LogP contribution in [0.2, 0.25) is 0 Å². The normalized spacial score (nSPS) is 15.4. The Morgan fingerprint density at radius 2 is 1.89 bits per heavy atom. The van der Waals surface area contributed by atoms with Crippen LogP contribution < -0.4 is 10.0 Å². The van der Waals surface area contributed by atoms with Crippen LogP contribution in [0, 0.1) is 0 Å². The topological polar surface area (TPSA) is 75.3 Å². The highest BCUT2D eigenvalue weighted by molar-refractivity contribution is 7.89. The largest absolute Gasteiger partial charge is 0.325 e. The molecule has 2 N–H and O–H groups in total. The number of alkyl halides is 1. The molecule has 0 bridgehead atoms. The number of anilines is 1. The maximum absolute atomic E-state index is 11.9. The maximum Gasteiger partial charge on any atom is 0.240 e. The number of hydrogen-bond acceptors (Lipinski definition) is 3. The van der Waals surface area contributed by atoms with Crippen molar-refractivity contribution < 1.29 is 13.2 Å². The van der Waals surface area contributed by atoms with Gasteiger partial charge in [-0.1, -0.05) is 0 Å². The van der Waals surface area contributed by atoms with Gasteiger partial charge in [-0.15, -0.1) is 11.6 Å². The molecular weight excluding hydrogens is 276 g/mol. The van der Waals surface area contributed by atoms with E-state index in [9.17, 15) is 13.2 Å². The van der Waals surface area contributed by atoms with Crippen LogP contribution in [0.15, 0.2) is 29.2 Å². The first-order valence-electron chi connectivity index (χ1n) is 5.49. The van der Waals surface area contributed by atoms with Gasteiger partial charge in [-0.2, -0.15) is 0 Å². The van der Waals surface area contributed by atoms with Crippen LogP contribution in [0.3, 0.4) is 0 Å². The van der Waals surface area contributed by atoms with Crippen molar-refractivity contribution in [2.24, 2.45) is 0 Å². The highest BCUT2D eigenvalue weighted by atomic mass is 35.5. The molecular formula is C11H13ClN2O3S. The van der Waals surface area contributed by atoms with Gasteiger partial charge in [0.1, 0.15) is 5.88 Å². The van der Waals surface area contributed by atoms with E-state index in [1.165, 1.54) is 24.3 Å². The molecule has 0 aliphatic heterocycles. The molecule has 0 heterocycles. The Hall–Kier alpha value is -1.11. The average molecular weight is 289 g/mol. The summed E-state index contributed by atoms with van der Waals surface area (Å²) in [5.41, 5.74) is 0.519. The molecule has 1 saturated carbocycles. The van der Waals surface area contributed by atoms with Gasteiger partial charge < -0.3 is 5.32 Å². The van der Waals surface area contributed by atoms with Gasteiger partial charge in [0.2, 0.25) is 15.9 Å². The minimum atomic E-state index is -3.44. The standard InChI is InChI=1S/C11H13ClN2O3S/c12-7-11(15)13-8-3-5-10(6-4-8)18(16,17)14-9-1-2-9/h3-6,9,14H,1-2,7H2,(H,13,15). The summed E-state index contributed by atoms with van der Waals surface area (Å²) in [5, 5.41) is 2.54. The van der Waals surface area contributed by atoms with Crippen LogP contribution in [0.5, 0.6) is 0 Å². The van der Waals surface area contributed by atoms with Crippen molar-refractivity contribution in [3.8, 4) is 0 Å². The minimum Gasteiger partial charge on any atom is -0.325 e. The van der Waals surface area contributed by atoms with Crippen LogP contribution in [-0.4, -0.2) is 26.2 Å². The lowest BCUT2D eigenvalue weighted by molar-refractivity contribution is -0.113. The van der Waals surface area contributed by atoms with Gasteiger partial charge >= 0.3 is 0 Å². The van der Waals surface area contributed by atoms with E-state index in [0.717, 1.165) is 12.8 Å². The number of rotatable bonds is 5. The molecule has 5 nitrogen and oxygen atoms in total. The van der Waals surface area contributed by atoms with Crippen molar-refractivity contribution in [3.63, 3.8) is 0 Å². The van der Waals surface area contributed by atoms with E-state index in [1.54, 1.807) is 0 Å². The molecule has 0 radical (unpaired) electrons. The van der Waals surface area contributed by atoms with Crippen LogP contribution >= 0.6 is 11.6 Å². The first kappa shape index (κ1) is 13.3. The number of nitrogens with one attached hydrogen (secondary N) is 2. The summed E-state index contributed by atoms with van der Waals surface area (Å²) in [5.74, 6) is -0.466. The summed E-state index contributed by atoms with van der Waals surface area (Å²) in [6.45, 7) is 0. The highest BCUT2D eigenvalue weighted by Gasteiger charge is 2.27. The van der Waals surface area contributed by atoms with Crippen LogP contribution in [0.25, 0.3) is 0 Å². The Kier molecular flexibility index (Phi) is 3.89. The SMILES string of the molecule is O=C(CCl)Nc1ccc(S(=O)(=O)NC2CC2)cc1. The summed E-state index contributed by atoms with van der Waals surface area (Å²) in [6, 6.07) is 6.05. The third-order valence-electron chi connectivity index (χ3n) is 2.47. The van der Waals surface area contributed by atoms with E-state index >= 15 is 0 Å². The number of carbonyl (C=O) groups is 1. The molecule has 0 saturated heterocycles. The number of carbonyl (C=O) groups excluding carboxylic acids is 1. The summed E-state index contributed by atoms with van der Waals surface area (Å²) in [6.07, 6.45) is 1.78. The van der Waals surface area contributed by atoms with E-state index in [2.05, 4.69) is 10.0 Å². The second-order valence-corrected chi connectivity index (χ2v) is 6.08. The monoisotopic (exact) mass is 288 g/mol. The molecule has 1 aliphatic carbocycles. The summed E-state index contributed by atoms with van der Waals surface area (Å²) >= 11 is 5.35. The molecule has 0 spiro atoms. The van der Waals surface area contributed by atoms with Crippen LogP contribution in [0.4, 0.5) is 5.69 Å². The molecule has 1 aliphatic rings. The molecule has 0 atom stereocenters. The van der Waals surface area contributed by atoms with E-state index in [4.69, 9.17) is 11.6 Å². The van der Waals surface area contributed by atoms with E-state index < -0.39 is 10.0 Å². The second-order valence-electron chi connectivity index (χ2n) is 4.10. The van der Waals surface area contributed by atoms with Gasteiger partial charge in [0.15, 0.2) is 0 Å². The lowest BCUT2D eigenvalue weighted by Gasteiger charge is -2.07. The lowest BCUT2D eigenvalue weighted by Crippen LogP contribution is -2.25. The van der Waals surface area contributed by atoms with E-state index in [-0.39, 0.29) is 22.7 Å². The molecule has 1 aromatic carbocycles. The summed E-state index contributed by atoms with van der Waals surface area (Å²) < 4.78 is 26.3. The molecule has 18 heavy (non-hydrogen) atoms. The quantitative estimate of drug-likeness (QED) is 0.802. The van der Waals surface area contributed by atoms with Crippen molar-refractivity contribution in [1.82, 2.24) is 4.72 Å². The Bertz CT molecular complexity index is 538. The fourth-order valence-corrected chi connectivity index (χ4v) is 2.77. The van der Waals surface area contributed by atoms with Crippen LogP contribution in [0.1, 0.15) is 12.8 Å². The van der Waals surface area contributed by atoms with Gasteiger partial charge in [-0.05, 0) is 37.1 Å². The maximum atomic E-state index is 11.9. The van der Waals surface area contributed by atoms with Gasteiger partial charge in [-0.3, -0.25) is 4.79 Å². The third kappa shape index (κ3) is 3.44. The lowest BCUT2D eigenvalue weighted by atomic mass is 10.3. The Morgan fingerprint density at radius 3 is 2.39 bits per heavy atom. The molecule has 1 amide bonds. The predicted molar refractivity (Wildman–Crippen MR) is 69.1 cm³/mol. The third-order valence-corrected chi connectivity index (χ3v) is 4.25. The molecule has 1 fully saturated rings. The van der Waals surface area contributed by atoms with Gasteiger partial charge in [-0.25, -0.2) is 13.1 Å². The zero-order valence-corrected chi connectivity index (χ0v) is 11.1. The Morgan fingerprint density at radius 1 is 1.28 bits per heavy atom. The summed E-state index contributed by atoms with van der Waals surface area (Å²) in [4.78, 5) is 11.2. The van der Waals surface area contributed by atoms with Crippen molar-refractivity contribution in [2.45, 2.75) is 23.8 Å². The summed E-state index contributed by atoms with van der Waals surface area (Å²) in [7, 11) is -3.44. The van der Waals surface area contributed by atoms with E-state index in [0.29, 0.717) is 5.69 Å². The van der Waals surface area contributed by atoms with Gasteiger partial charge in [0.25, 0.3) is 0 Å². The smallest absolute Gasteiger partial charge is 0.240 e. The van der Waals surface area contributed by atoms with Crippen molar-refractivity contribution in [3.05, 3.63) is 24.3 Å². The van der Waals surface area contributed by atoms with Crippen molar-refractivity contribution >= 4 is 33.2 Å². The number of hydrogen-bond donors (Lipinski definition) is 2. The van der Waals surface area contributed by atoms with Gasteiger partial charge in [0.05, 0.1) is 4.90 Å². The number of sulfonamides is 1. The van der Waals surface area contributed by atoms with Gasteiger partial charge in [0, 0.05) is 11.7 Å². The number of amides is 1. The first-order valence-corrected chi connectivity index (χ1v) is 7.51. The fraction of sp³-hybridized carbons (Fsp3) is 0.364. The molecule has 2 rings (SSSR count). The molecule has 7 heteroatoms. The second kappa shape index (κ2) is 5.26.